The number of likely N-dealkylation sites (N-methyl/N-ethyl adjacent to an activating group) is 1. The van der Waals surface area contributed by atoms with Gasteiger partial charge in [-0.1, -0.05) is 50.2 Å². The van der Waals surface area contributed by atoms with Gasteiger partial charge in [-0.15, -0.1) is 0 Å². The Morgan fingerprint density at radius 2 is 1.69 bits per heavy atom. The molecule has 0 saturated carbocycles. The highest BCUT2D eigenvalue weighted by Gasteiger charge is 2.11. The maximum absolute atomic E-state index is 6.17. The van der Waals surface area contributed by atoms with Gasteiger partial charge in [-0.25, -0.2) is 0 Å². The first-order valence-electron chi connectivity index (χ1n) is 9.45. The average molecular weight is 357 g/mol. The number of nitrogens with one attached hydrogen (secondary N) is 1. The number of para-hydroxylation sites is 1. The van der Waals surface area contributed by atoms with Crippen LogP contribution in [0.3, 0.4) is 0 Å². The molecule has 0 aliphatic rings. The number of hydrogen-bond donors (Lipinski definition) is 1. The number of rotatable bonds is 11. The average Bonchev–Trinajstić information content (AvgIpc) is 2.67. The standard InChI is InChI=1S/C22H32N2O2/c1-5-24(6-2)15-14-23-16-19-12-9-13-21(25-4)22(19)26-17-20-11-8-7-10-18(20)3/h7-13,23H,5-6,14-17H2,1-4H3. The van der Waals surface area contributed by atoms with Crippen LogP contribution in [0.15, 0.2) is 42.5 Å². The van der Waals surface area contributed by atoms with E-state index < -0.39 is 0 Å². The van der Waals surface area contributed by atoms with Gasteiger partial charge < -0.3 is 19.7 Å². The fourth-order valence-corrected chi connectivity index (χ4v) is 2.95. The predicted molar refractivity (Wildman–Crippen MR) is 108 cm³/mol. The first-order valence-corrected chi connectivity index (χ1v) is 9.45. The molecule has 0 heterocycles. The van der Waals surface area contributed by atoms with E-state index in [9.17, 15) is 0 Å². The molecular weight excluding hydrogens is 324 g/mol. The maximum atomic E-state index is 6.17. The van der Waals surface area contributed by atoms with Gasteiger partial charge in [0, 0.05) is 25.2 Å². The molecule has 4 heteroatoms. The summed E-state index contributed by atoms with van der Waals surface area (Å²) in [5.74, 6) is 1.61. The summed E-state index contributed by atoms with van der Waals surface area (Å²) in [6, 6.07) is 14.4. The second kappa shape index (κ2) is 10.8. The number of hydrogen-bond acceptors (Lipinski definition) is 4. The topological polar surface area (TPSA) is 33.7 Å². The molecule has 0 fully saturated rings. The Morgan fingerprint density at radius 3 is 2.38 bits per heavy atom. The molecule has 0 atom stereocenters. The third kappa shape index (κ3) is 5.75. The minimum Gasteiger partial charge on any atom is -0.493 e. The first-order chi connectivity index (χ1) is 12.7. The van der Waals surface area contributed by atoms with E-state index in [1.165, 1.54) is 11.1 Å². The summed E-state index contributed by atoms with van der Waals surface area (Å²) in [7, 11) is 1.69. The van der Waals surface area contributed by atoms with E-state index in [4.69, 9.17) is 9.47 Å². The van der Waals surface area contributed by atoms with Crippen LogP contribution < -0.4 is 14.8 Å². The Kier molecular flexibility index (Phi) is 8.45. The van der Waals surface area contributed by atoms with Crippen molar-refractivity contribution in [1.82, 2.24) is 10.2 Å². The molecule has 0 saturated heterocycles. The van der Waals surface area contributed by atoms with Crippen molar-refractivity contribution < 1.29 is 9.47 Å². The number of nitrogens with zero attached hydrogens (tertiary/aromatic N) is 1. The normalized spacial score (nSPS) is 11.0. The van der Waals surface area contributed by atoms with Crippen molar-refractivity contribution in [2.24, 2.45) is 0 Å². The largest absolute Gasteiger partial charge is 0.493 e. The van der Waals surface area contributed by atoms with Gasteiger partial charge >= 0.3 is 0 Å². The molecule has 0 amide bonds. The van der Waals surface area contributed by atoms with Gasteiger partial charge in [0.25, 0.3) is 0 Å². The highest BCUT2D eigenvalue weighted by molar-refractivity contribution is 5.46. The molecule has 0 aliphatic carbocycles. The van der Waals surface area contributed by atoms with E-state index in [-0.39, 0.29) is 0 Å². The lowest BCUT2D eigenvalue weighted by Crippen LogP contribution is -2.31. The number of aryl methyl sites for hydroxylation is 1. The Bertz CT molecular complexity index is 669. The molecule has 4 nitrogen and oxygen atoms in total. The molecule has 0 aliphatic heterocycles. The van der Waals surface area contributed by atoms with E-state index in [1.54, 1.807) is 7.11 Å². The molecular formula is C22H32N2O2. The molecule has 2 aromatic rings. The SMILES string of the molecule is CCN(CC)CCNCc1cccc(OC)c1OCc1ccccc1C. The van der Waals surface area contributed by atoms with Crippen molar-refractivity contribution >= 4 is 0 Å². The van der Waals surface area contributed by atoms with E-state index in [2.05, 4.69) is 49.2 Å². The van der Waals surface area contributed by atoms with Gasteiger partial charge in [-0.2, -0.15) is 0 Å². The highest BCUT2D eigenvalue weighted by Crippen LogP contribution is 2.32. The maximum Gasteiger partial charge on any atom is 0.166 e. The minimum absolute atomic E-state index is 0.541. The highest BCUT2D eigenvalue weighted by atomic mass is 16.5. The monoisotopic (exact) mass is 356 g/mol. The van der Waals surface area contributed by atoms with Crippen LogP contribution in [0.4, 0.5) is 0 Å². The summed E-state index contributed by atoms with van der Waals surface area (Å²) in [6.07, 6.45) is 0. The molecule has 2 rings (SSSR count). The predicted octanol–water partition coefficient (Wildman–Crippen LogP) is 4.01. The van der Waals surface area contributed by atoms with Crippen LogP contribution >= 0.6 is 0 Å². The third-order valence-corrected chi connectivity index (χ3v) is 4.73. The Morgan fingerprint density at radius 1 is 0.962 bits per heavy atom. The van der Waals surface area contributed by atoms with E-state index in [1.807, 2.05) is 24.3 Å². The van der Waals surface area contributed by atoms with Gasteiger partial charge in [0.15, 0.2) is 11.5 Å². The zero-order chi connectivity index (χ0) is 18.8. The lowest BCUT2D eigenvalue weighted by atomic mass is 10.1. The van der Waals surface area contributed by atoms with Gasteiger partial charge in [0.2, 0.25) is 0 Å². The quantitative estimate of drug-likeness (QED) is 0.617. The van der Waals surface area contributed by atoms with Crippen molar-refractivity contribution in [2.45, 2.75) is 33.9 Å². The number of methoxy groups -OCH3 is 1. The summed E-state index contributed by atoms with van der Waals surface area (Å²) < 4.78 is 11.7. The fourth-order valence-electron chi connectivity index (χ4n) is 2.95. The summed E-state index contributed by atoms with van der Waals surface area (Å²) in [5.41, 5.74) is 3.55. The van der Waals surface area contributed by atoms with Crippen LogP contribution in [0.1, 0.15) is 30.5 Å². The lowest BCUT2D eigenvalue weighted by molar-refractivity contribution is 0.278. The summed E-state index contributed by atoms with van der Waals surface area (Å²) in [6.45, 7) is 12.0. The van der Waals surface area contributed by atoms with E-state index in [0.29, 0.717) is 6.61 Å². The van der Waals surface area contributed by atoms with E-state index >= 15 is 0 Å². The van der Waals surface area contributed by atoms with Crippen molar-refractivity contribution in [3.63, 3.8) is 0 Å². The van der Waals surface area contributed by atoms with Crippen LogP contribution in [-0.4, -0.2) is 38.2 Å². The zero-order valence-corrected chi connectivity index (χ0v) is 16.5. The van der Waals surface area contributed by atoms with Crippen LogP contribution in [0, 0.1) is 6.92 Å². The Hall–Kier alpha value is -2.04. The van der Waals surface area contributed by atoms with Gasteiger partial charge in [-0.3, -0.25) is 0 Å². The molecule has 0 radical (unpaired) electrons. The minimum atomic E-state index is 0.541. The second-order valence-electron chi connectivity index (χ2n) is 6.37. The van der Waals surface area contributed by atoms with Crippen molar-refractivity contribution in [3.05, 3.63) is 59.2 Å². The summed E-state index contributed by atoms with van der Waals surface area (Å²) >= 11 is 0. The molecule has 0 bridgehead atoms. The number of ether oxygens (including phenoxy) is 2. The molecule has 26 heavy (non-hydrogen) atoms. The van der Waals surface area contributed by atoms with Crippen LogP contribution in [-0.2, 0) is 13.2 Å². The van der Waals surface area contributed by atoms with Crippen LogP contribution in [0.25, 0.3) is 0 Å². The Labute approximate surface area is 158 Å². The summed E-state index contributed by atoms with van der Waals surface area (Å²) in [4.78, 5) is 2.41. The second-order valence-corrected chi connectivity index (χ2v) is 6.37. The van der Waals surface area contributed by atoms with Crippen molar-refractivity contribution in [3.8, 4) is 11.5 Å². The van der Waals surface area contributed by atoms with Gasteiger partial charge in [0.05, 0.1) is 7.11 Å². The van der Waals surface area contributed by atoms with E-state index in [0.717, 1.165) is 49.8 Å². The Balaban J connectivity index is 2.01. The molecule has 142 valence electrons. The number of benzene rings is 2. The molecule has 0 aromatic heterocycles. The zero-order valence-electron chi connectivity index (χ0n) is 16.5. The van der Waals surface area contributed by atoms with Crippen molar-refractivity contribution in [2.75, 3.05) is 33.3 Å². The third-order valence-electron chi connectivity index (χ3n) is 4.73. The summed E-state index contributed by atoms with van der Waals surface area (Å²) in [5, 5.41) is 3.52. The molecule has 0 unspecified atom stereocenters. The molecule has 2 aromatic carbocycles. The van der Waals surface area contributed by atoms with Gasteiger partial charge in [-0.05, 0) is 37.2 Å². The molecule has 0 spiro atoms. The fraction of sp³-hybridized carbons (Fsp3) is 0.455. The molecule has 1 N–H and O–H groups in total. The lowest BCUT2D eigenvalue weighted by Gasteiger charge is -2.19. The smallest absolute Gasteiger partial charge is 0.166 e. The van der Waals surface area contributed by atoms with Crippen LogP contribution in [0.5, 0.6) is 11.5 Å². The van der Waals surface area contributed by atoms with Crippen LogP contribution in [0.2, 0.25) is 0 Å². The van der Waals surface area contributed by atoms with Gasteiger partial charge in [0.1, 0.15) is 6.61 Å². The van der Waals surface area contributed by atoms with Crippen molar-refractivity contribution in [1.29, 1.82) is 0 Å². The first kappa shape index (κ1) is 20.3.